The Morgan fingerprint density at radius 2 is 1.97 bits per heavy atom. The van der Waals surface area contributed by atoms with E-state index in [4.69, 9.17) is 4.98 Å². The van der Waals surface area contributed by atoms with E-state index in [1.165, 1.54) is 12.4 Å². The highest BCUT2D eigenvalue weighted by Gasteiger charge is 2.19. The molecule has 0 aliphatic carbocycles. The standard InChI is InChI=1S/C22H18FN7/c1-12-7-16(23)15-9-14(19(30-18(15)8-12)17-5-3-4-6-24-17)13(2)29-22-20-21(26-10-25-20)27-11-28-22/h3-11,13H,1-2H3,(H2,25,26,27,28,29)/t13-/m0/s1. The molecule has 148 valence electrons. The van der Waals surface area contributed by atoms with Gasteiger partial charge in [-0.1, -0.05) is 6.07 Å². The summed E-state index contributed by atoms with van der Waals surface area (Å²) in [6, 6.07) is 10.6. The molecule has 0 amide bonds. The van der Waals surface area contributed by atoms with E-state index in [-0.39, 0.29) is 11.9 Å². The molecule has 0 unspecified atom stereocenters. The third kappa shape index (κ3) is 3.12. The second-order valence-electron chi connectivity index (χ2n) is 7.14. The Balaban J connectivity index is 1.67. The fourth-order valence-corrected chi connectivity index (χ4v) is 3.57. The Labute approximate surface area is 171 Å². The summed E-state index contributed by atoms with van der Waals surface area (Å²) in [5.41, 5.74) is 4.92. The lowest BCUT2D eigenvalue weighted by Crippen LogP contribution is -2.11. The number of benzene rings is 1. The normalized spacial score (nSPS) is 12.4. The van der Waals surface area contributed by atoms with Crippen molar-refractivity contribution in [1.82, 2.24) is 29.9 Å². The third-order valence-corrected chi connectivity index (χ3v) is 5.00. The van der Waals surface area contributed by atoms with Gasteiger partial charge in [0.25, 0.3) is 0 Å². The molecular weight excluding hydrogens is 381 g/mol. The number of halogens is 1. The quantitative estimate of drug-likeness (QED) is 0.459. The first-order valence-corrected chi connectivity index (χ1v) is 9.53. The molecule has 4 aromatic heterocycles. The number of aromatic nitrogens is 6. The highest BCUT2D eigenvalue weighted by Crippen LogP contribution is 2.32. The number of fused-ring (bicyclic) bond motifs is 2. The van der Waals surface area contributed by atoms with E-state index < -0.39 is 0 Å². The minimum atomic E-state index is -0.296. The molecule has 2 N–H and O–H groups in total. The molecule has 0 aliphatic heterocycles. The zero-order chi connectivity index (χ0) is 20.7. The van der Waals surface area contributed by atoms with Crippen LogP contribution in [0.15, 0.2) is 55.2 Å². The SMILES string of the molecule is Cc1cc(F)c2cc([C@H](C)Nc3ncnc4[nH]cnc34)c(-c3ccccn3)nc2c1. The lowest BCUT2D eigenvalue weighted by molar-refractivity contribution is 0.638. The number of nitrogens with zero attached hydrogens (tertiary/aromatic N) is 5. The Morgan fingerprint density at radius 1 is 1.07 bits per heavy atom. The summed E-state index contributed by atoms with van der Waals surface area (Å²) in [7, 11) is 0. The van der Waals surface area contributed by atoms with Gasteiger partial charge in [-0.2, -0.15) is 0 Å². The average molecular weight is 399 g/mol. The number of pyridine rings is 2. The largest absolute Gasteiger partial charge is 0.362 e. The number of aromatic amines is 1. The molecule has 1 aromatic carbocycles. The molecule has 0 spiro atoms. The molecule has 8 heteroatoms. The van der Waals surface area contributed by atoms with Crippen LogP contribution < -0.4 is 5.32 Å². The maximum Gasteiger partial charge on any atom is 0.162 e. The van der Waals surface area contributed by atoms with Crippen molar-refractivity contribution >= 4 is 27.9 Å². The van der Waals surface area contributed by atoms with Crippen LogP contribution in [0.5, 0.6) is 0 Å². The number of hydrogen-bond acceptors (Lipinski definition) is 6. The maximum atomic E-state index is 14.7. The summed E-state index contributed by atoms with van der Waals surface area (Å²) in [5.74, 6) is 0.292. The summed E-state index contributed by atoms with van der Waals surface area (Å²) in [6.45, 7) is 3.83. The molecule has 0 fully saturated rings. The molecule has 0 saturated heterocycles. The molecule has 0 aliphatic rings. The van der Waals surface area contributed by atoms with Crippen molar-refractivity contribution in [2.24, 2.45) is 0 Å². The Bertz CT molecular complexity index is 1360. The zero-order valence-electron chi connectivity index (χ0n) is 16.4. The highest BCUT2D eigenvalue weighted by molar-refractivity contribution is 5.85. The van der Waals surface area contributed by atoms with Crippen molar-refractivity contribution in [1.29, 1.82) is 0 Å². The van der Waals surface area contributed by atoms with Gasteiger partial charge in [-0.05, 0) is 49.7 Å². The van der Waals surface area contributed by atoms with Gasteiger partial charge in [0.15, 0.2) is 11.5 Å². The van der Waals surface area contributed by atoms with E-state index in [0.717, 1.165) is 16.8 Å². The van der Waals surface area contributed by atoms with Crippen LogP contribution in [0.2, 0.25) is 0 Å². The smallest absolute Gasteiger partial charge is 0.162 e. The third-order valence-electron chi connectivity index (χ3n) is 5.00. The molecule has 4 heterocycles. The van der Waals surface area contributed by atoms with Gasteiger partial charge in [0.05, 0.1) is 29.3 Å². The molecule has 0 bridgehead atoms. The number of H-pyrrole nitrogens is 1. The van der Waals surface area contributed by atoms with Crippen LogP contribution in [0.25, 0.3) is 33.5 Å². The number of anilines is 1. The van der Waals surface area contributed by atoms with E-state index in [1.807, 2.05) is 44.2 Å². The number of imidazole rings is 1. The van der Waals surface area contributed by atoms with Gasteiger partial charge in [0, 0.05) is 17.1 Å². The van der Waals surface area contributed by atoms with Crippen LogP contribution in [0.1, 0.15) is 24.1 Å². The van der Waals surface area contributed by atoms with Crippen molar-refractivity contribution in [2.75, 3.05) is 5.32 Å². The molecule has 7 nitrogen and oxygen atoms in total. The number of hydrogen-bond donors (Lipinski definition) is 2. The van der Waals surface area contributed by atoms with E-state index in [0.29, 0.717) is 33.6 Å². The van der Waals surface area contributed by atoms with Crippen molar-refractivity contribution in [3.63, 3.8) is 0 Å². The van der Waals surface area contributed by atoms with Crippen molar-refractivity contribution in [3.05, 3.63) is 72.2 Å². The summed E-state index contributed by atoms with van der Waals surface area (Å²) in [6.07, 6.45) is 4.76. The van der Waals surface area contributed by atoms with E-state index in [9.17, 15) is 4.39 Å². The van der Waals surface area contributed by atoms with Crippen LogP contribution in [0, 0.1) is 12.7 Å². The maximum absolute atomic E-state index is 14.7. The minimum Gasteiger partial charge on any atom is -0.362 e. The summed E-state index contributed by atoms with van der Waals surface area (Å²) >= 11 is 0. The number of nitrogens with one attached hydrogen (secondary N) is 2. The fourth-order valence-electron chi connectivity index (χ4n) is 3.57. The first-order chi connectivity index (χ1) is 14.6. The first kappa shape index (κ1) is 18.1. The summed E-state index contributed by atoms with van der Waals surface area (Å²) in [4.78, 5) is 25.0. The second-order valence-corrected chi connectivity index (χ2v) is 7.14. The van der Waals surface area contributed by atoms with Crippen LogP contribution in [0.4, 0.5) is 10.2 Å². The average Bonchev–Trinajstić information content (AvgIpc) is 3.23. The Morgan fingerprint density at radius 3 is 2.80 bits per heavy atom. The fraction of sp³-hybridized carbons (Fsp3) is 0.136. The van der Waals surface area contributed by atoms with Crippen LogP contribution in [0.3, 0.4) is 0 Å². The number of rotatable bonds is 4. The lowest BCUT2D eigenvalue weighted by Gasteiger charge is -2.19. The van der Waals surface area contributed by atoms with Crippen LogP contribution >= 0.6 is 0 Å². The molecule has 0 saturated carbocycles. The minimum absolute atomic E-state index is 0.241. The molecule has 1 atom stereocenters. The topological polar surface area (TPSA) is 92.3 Å². The van der Waals surface area contributed by atoms with E-state index >= 15 is 0 Å². The van der Waals surface area contributed by atoms with E-state index in [2.05, 4.69) is 30.2 Å². The van der Waals surface area contributed by atoms with Gasteiger partial charge >= 0.3 is 0 Å². The highest BCUT2D eigenvalue weighted by atomic mass is 19.1. The van der Waals surface area contributed by atoms with Crippen molar-refractivity contribution in [3.8, 4) is 11.4 Å². The molecule has 5 rings (SSSR count). The lowest BCUT2D eigenvalue weighted by atomic mass is 10.00. The number of aryl methyl sites for hydroxylation is 1. The summed E-state index contributed by atoms with van der Waals surface area (Å²) < 4.78 is 14.7. The molecule has 5 aromatic rings. The predicted octanol–water partition coefficient (Wildman–Crippen LogP) is 4.58. The van der Waals surface area contributed by atoms with Crippen molar-refractivity contribution < 1.29 is 4.39 Å². The van der Waals surface area contributed by atoms with Gasteiger partial charge in [-0.3, -0.25) is 4.98 Å². The van der Waals surface area contributed by atoms with Crippen LogP contribution in [-0.2, 0) is 0 Å². The van der Waals surface area contributed by atoms with Gasteiger partial charge in [0.1, 0.15) is 17.7 Å². The summed E-state index contributed by atoms with van der Waals surface area (Å²) in [5, 5.41) is 3.84. The molecule has 0 radical (unpaired) electrons. The second kappa shape index (κ2) is 7.14. The molecule has 30 heavy (non-hydrogen) atoms. The van der Waals surface area contributed by atoms with Crippen molar-refractivity contribution in [2.45, 2.75) is 19.9 Å². The predicted molar refractivity (Wildman–Crippen MR) is 113 cm³/mol. The zero-order valence-corrected chi connectivity index (χ0v) is 16.4. The van der Waals surface area contributed by atoms with Crippen LogP contribution in [-0.4, -0.2) is 29.9 Å². The molecular formula is C22H18FN7. The Hall–Kier alpha value is -3.94. The van der Waals surface area contributed by atoms with Gasteiger partial charge in [0.2, 0.25) is 0 Å². The van der Waals surface area contributed by atoms with Gasteiger partial charge in [-0.25, -0.2) is 24.3 Å². The first-order valence-electron chi connectivity index (χ1n) is 9.53. The van der Waals surface area contributed by atoms with Gasteiger partial charge in [-0.15, -0.1) is 0 Å². The Kier molecular flexibility index (Phi) is 4.31. The monoisotopic (exact) mass is 399 g/mol. The van der Waals surface area contributed by atoms with E-state index in [1.54, 1.807) is 12.5 Å². The van der Waals surface area contributed by atoms with Gasteiger partial charge < -0.3 is 10.3 Å².